The third kappa shape index (κ3) is 6.20. The van der Waals surface area contributed by atoms with Crippen molar-refractivity contribution in [3.63, 3.8) is 0 Å². The molecule has 6 heteroatoms. The zero-order valence-corrected chi connectivity index (χ0v) is 15.1. The maximum Gasteiger partial charge on any atom is 0.279 e. The number of carbonyl (C=O) groups is 2. The quantitative estimate of drug-likeness (QED) is 0.565. The van der Waals surface area contributed by atoms with E-state index in [1.807, 2.05) is 39.0 Å². The largest absolute Gasteiger partial charge is 0.481 e. The second kappa shape index (κ2) is 9.93. The van der Waals surface area contributed by atoms with Crippen molar-refractivity contribution in [3.05, 3.63) is 29.3 Å². The number of amides is 2. The molecule has 2 atom stereocenters. The number of ether oxygens (including phenoxy) is 2. The Labute approximate surface area is 143 Å². The van der Waals surface area contributed by atoms with Crippen LogP contribution in [0.2, 0.25) is 0 Å². The van der Waals surface area contributed by atoms with E-state index >= 15 is 0 Å². The summed E-state index contributed by atoms with van der Waals surface area (Å²) >= 11 is 0. The van der Waals surface area contributed by atoms with E-state index in [0.29, 0.717) is 12.4 Å². The van der Waals surface area contributed by atoms with E-state index in [2.05, 4.69) is 10.9 Å². The van der Waals surface area contributed by atoms with Gasteiger partial charge in [-0.15, -0.1) is 0 Å². The van der Waals surface area contributed by atoms with Crippen LogP contribution >= 0.6 is 0 Å². The molecule has 0 fully saturated rings. The molecule has 2 amide bonds. The Morgan fingerprint density at radius 1 is 1.08 bits per heavy atom. The molecule has 2 N–H and O–H groups in total. The summed E-state index contributed by atoms with van der Waals surface area (Å²) in [5.41, 5.74) is 6.80. The van der Waals surface area contributed by atoms with Crippen LogP contribution in [0.3, 0.4) is 0 Å². The molecule has 0 spiro atoms. The first-order chi connectivity index (χ1) is 11.4. The Hall–Kier alpha value is -2.08. The summed E-state index contributed by atoms with van der Waals surface area (Å²) in [4.78, 5) is 23.9. The zero-order chi connectivity index (χ0) is 18.1. The van der Waals surface area contributed by atoms with Crippen molar-refractivity contribution in [2.24, 2.45) is 0 Å². The molecule has 6 nitrogen and oxygen atoms in total. The molecule has 0 saturated heterocycles. The summed E-state index contributed by atoms with van der Waals surface area (Å²) in [5, 5.41) is 0. The van der Waals surface area contributed by atoms with Crippen molar-refractivity contribution in [3.8, 4) is 5.75 Å². The van der Waals surface area contributed by atoms with Crippen molar-refractivity contribution >= 4 is 11.8 Å². The van der Waals surface area contributed by atoms with Crippen LogP contribution in [0.1, 0.15) is 44.7 Å². The van der Waals surface area contributed by atoms with E-state index in [1.54, 1.807) is 13.8 Å². The van der Waals surface area contributed by atoms with Crippen LogP contribution in [0.25, 0.3) is 0 Å². The highest BCUT2D eigenvalue weighted by Crippen LogP contribution is 2.21. The molecule has 1 rings (SSSR count). The van der Waals surface area contributed by atoms with Crippen LogP contribution in [0, 0.1) is 13.8 Å². The number of rotatable bonds is 8. The third-order valence-corrected chi connectivity index (χ3v) is 3.77. The number of carbonyl (C=O) groups excluding carboxylic acids is 2. The third-order valence-electron chi connectivity index (χ3n) is 3.77. The highest BCUT2D eigenvalue weighted by Gasteiger charge is 2.18. The fourth-order valence-electron chi connectivity index (χ4n) is 1.90. The van der Waals surface area contributed by atoms with Crippen LogP contribution in [-0.2, 0) is 14.3 Å². The molecule has 0 saturated carbocycles. The molecule has 1 aromatic carbocycles. The summed E-state index contributed by atoms with van der Waals surface area (Å²) in [7, 11) is 0. The van der Waals surface area contributed by atoms with Gasteiger partial charge in [0.25, 0.3) is 11.8 Å². The topological polar surface area (TPSA) is 76.7 Å². The Morgan fingerprint density at radius 2 is 1.71 bits per heavy atom. The van der Waals surface area contributed by atoms with Gasteiger partial charge in [-0.05, 0) is 51.3 Å². The summed E-state index contributed by atoms with van der Waals surface area (Å²) in [6.45, 7) is 9.76. The predicted molar refractivity (Wildman–Crippen MR) is 92.6 cm³/mol. The number of nitrogens with one attached hydrogen (secondary N) is 2. The SMILES string of the molecule is CCCCO[C@H](C)C(=O)NNC(=O)[C@H](C)Oc1cccc(C)c1C. The number of benzene rings is 1. The van der Waals surface area contributed by atoms with Gasteiger partial charge in [0, 0.05) is 6.61 Å². The van der Waals surface area contributed by atoms with Gasteiger partial charge in [-0.1, -0.05) is 25.5 Å². The van der Waals surface area contributed by atoms with E-state index in [9.17, 15) is 9.59 Å². The maximum absolute atomic E-state index is 12.0. The summed E-state index contributed by atoms with van der Waals surface area (Å²) in [6, 6.07) is 5.67. The van der Waals surface area contributed by atoms with Gasteiger partial charge >= 0.3 is 0 Å². The fourth-order valence-corrected chi connectivity index (χ4v) is 1.90. The Morgan fingerprint density at radius 3 is 2.33 bits per heavy atom. The fraction of sp³-hybridized carbons (Fsp3) is 0.556. The van der Waals surface area contributed by atoms with Gasteiger partial charge in [-0.3, -0.25) is 20.4 Å². The van der Waals surface area contributed by atoms with E-state index in [4.69, 9.17) is 9.47 Å². The predicted octanol–water partition coefficient (Wildman–Crippen LogP) is 2.42. The van der Waals surface area contributed by atoms with E-state index in [-0.39, 0.29) is 0 Å². The minimum absolute atomic E-state index is 0.390. The van der Waals surface area contributed by atoms with Crippen molar-refractivity contribution < 1.29 is 19.1 Å². The number of aryl methyl sites for hydroxylation is 1. The van der Waals surface area contributed by atoms with E-state index in [0.717, 1.165) is 24.0 Å². The molecule has 0 unspecified atom stereocenters. The molecule has 0 aromatic heterocycles. The minimum Gasteiger partial charge on any atom is -0.481 e. The maximum atomic E-state index is 12.0. The first-order valence-corrected chi connectivity index (χ1v) is 8.31. The number of hydrogen-bond acceptors (Lipinski definition) is 4. The molecule has 0 radical (unpaired) electrons. The van der Waals surface area contributed by atoms with Gasteiger partial charge < -0.3 is 9.47 Å². The molecular weight excluding hydrogens is 308 g/mol. The molecule has 0 bridgehead atoms. The molecule has 0 heterocycles. The number of hydrazine groups is 1. The second-order valence-electron chi connectivity index (χ2n) is 5.80. The number of hydrogen-bond donors (Lipinski definition) is 2. The molecule has 1 aromatic rings. The second-order valence-corrected chi connectivity index (χ2v) is 5.80. The first kappa shape index (κ1) is 20.0. The molecule has 0 aliphatic rings. The zero-order valence-electron chi connectivity index (χ0n) is 15.1. The smallest absolute Gasteiger partial charge is 0.279 e. The van der Waals surface area contributed by atoms with Crippen LogP contribution in [-0.4, -0.2) is 30.6 Å². The molecule has 134 valence electrons. The van der Waals surface area contributed by atoms with Gasteiger partial charge in [0.05, 0.1) is 0 Å². The highest BCUT2D eigenvalue weighted by molar-refractivity contribution is 5.86. The Bertz CT molecular complexity index is 560. The lowest BCUT2D eigenvalue weighted by atomic mass is 10.1. The summed E-state index contributed by atoms with van der Waals surface area (Å²) < 4.78 is 11.0. The standard InChI is InChI=1S/C18H28N2O4/c1-6-7-11-23-14(4)17(21)19-20-18(22)15(5)24-16-10-8-9-12(2)13(16)3/h8-10,14-15H,6-7,11H2,1-5H3,(H,19,21)(H,20,22)/t14-,15+/m1/s1. The molecular formula is C18H28N2O4. The van der Waals surface area contributed by atoms with Crippen molar-refractivity contribution in [1.29, 1.82) is 0 Å². The van der Waals surface area contributed by atoms with Crippen LogP contribution in [0.5, 0.6) is 5.75 Å². The van der Waals surface area contributed by atoms with Gasteiger partial charge in [0.15, 0.2) is 6.10 Å². The lowest BCUT2D eigenvalue weighted by Crippen LogP contribution is -2.50. The average Bonchev–Trinajstić information content (AvgIpc) is 2.56. The van der Waals surface area contributed by atoms with E-state index < -0.39 is 24.0 Å². The van der Waals surface area contributed by atoms with Gasteiger partial charge in [-0.25, -0.2) is 0 Å². The highest BCUT2D eigenvalue weighted by atomic mass is 16.5. The van der Waals surface area contributed by atoms with Crippen LogP contribution < -0.4 is 15.6 Å². The van der Waals surface area contributed by atoms with Crippen LogP contribution in [0.15, 0.2) is 18.2 Å². The van der Waals surface area contributed by atoms with Crippen LogP contribution in [0.4, 0.5) is 0 Å². The molecule has 0 aliphatic heterocycles. The monoisotopic (exact) mass is 336 g/mol. The lowest BCUT2D eigenvalue weighted by molar-refractivity contribution is -0.138. The van der Waals surface area contributed by atoms with E-state index in [1.165, 1.54) is 0 Å². The van der Waals surface area contributed by atoms with Gasteiger partial charge in [-0.2, -0.15) is 0 Å². The number of unbranched alkanes of at least 4 members (excludes halogenated alkanes) is 1. The first-order valence-electron chi connectivity index (χ1n) is 8.31. The van der Waals surface area contributed by atoms with Gasteiger partial charge in [0.1, 0.15) is 11.9 Å². The van der Waals surface area contributed by atoms with Gasteiger partial charge in [0.2, 0.25) is 0 Å². The Kier molecular flexibility index (Phi) is 8.26. The van der Waals surface area contributed by atoms with Crippen molar-refractivity contribution in [2.75, 3.05) is 6.61 Å². The lowest BCUT2D eigenvalue weighted by Gasteiger charge is -2.18. The van der Waals surface area contributed by atoms with Crippen molar-refractivity contribution in [2.45, 2.75) is 59.7 Å². The summed E-state index contributed by atoms with van der Waals surface area (Å²) in [6.07, 6.45) is 0.539. The average molecular weight is 336 g/mol. The molecule has 24 heavy (non-hydrogen) atoms. The normalized spacial score (nSPS) is 13.0. The summed E-state index contributed by atoms with van der Waals surface area (Å²) in [5.74, 6) is -0.163. The Balaban J connectivity index is 2.44. The van der Waals surface area contributed by atoms with Crippen molar-refractivity contribution in [1.82, 2.24) is 10.9 Å². The molecule has 0 aliphatic carbocycles. The minimum atomic E-state index is -0.734.